The highest BCUT2D eigenvalue weighted by Crippen LogP contribution is 2.35. The van der Waals surface area contributed by atoms with Crippen LogP contribution in [0.2, 0.25) is 0 Å². The maximum atomic E-state index is 9.40. The monoisotopic (exact) mass is 320 g/mol. The number of fused-ring (bicyclic) bond motifs is 1. The molecule has 4 aromatic rings. The van der Waals surface area contributed by atoms with E-state index in [9.17, 15) is 5.11 Å². The Hall–Kier alpha value is -2.92. The minimum atomic E-state index is -0.149. The SMILES string of the molecule is Cc1noc(C)c1-c1cc2cc(CO)oc2c(-c2ccccc2)n1. The van der Waals surface area contributed by atoms with E-state index in [2.05, 4.69) is 5.16 Å². The van der Waals surface area contributed by atoms with Crippen molar-refractivity contribution in [3.8, 4) is 22.5 Å². The van der Waals surface area contributed by atoms with Crippen molar-refractivity contribution in [3.05, 3.63) is 59.7 Å². The number of benzene rings is 1. The Morgan fingerprint density at radius 3 is 2.54 bits per heavy atom. The average molecular weight is 320 g/mol. The topological polar surface area (TPSA) is 72.3 Å². The van der Waals surface area contributed by atoms with Gasteiger partial charge < -0.3 is 14.0 Å². The highest BCUT2D eigenvalue weighted by Gasteiger charge is 2.18. The summed E-state index contributed by atoms with van der Waals surface area (Å²) in [6.45, 7) is 3.62. The third-order valence-electron chi connectivity index (χ3n) is 4.04. The first-order chi connectivity index (χ1) is 11.7. The molecule has 0 unspecified atom stereocenters. The molecule has 0 bridgehead atoms. The van der Waals surface area contributed by atoms with E-state index < -0.39 is 0 Å². The lowest BCUT2D eigenvalue weighted by Crippen LogP contribution is -1.91. The Morgan fingerprint density at radius 1 is 1.08 bits per heavy atom. The Bertz CT molecular complexity index is 996. The minimum Gasteiger partial charge on any atom is -0.456 e. The molecule has 0 atom stereocenters. The van der Waals surface area contributed by atoms with Gasteiger partial charge in [0.05, 0.1) is 17.0 Å². The lowest BCUT2D eigenvalue weighted by atomic mass is 10.0. The van der Waals surface area contributed by atoms with Gasteiger partial charge in [0.1, 0.15) is 23.8 Å². The van der Waals surface area contributed by atoms with Gasteiger partial charge >= 0.3 is 0 Å². The van der Waals surface area contributed by atoms with Crippen LogP contribution in [-0.4, -0.2) is 15.2 Å². The van der Waals surface area contributed by atoms with E-state index in [1.807, 2.05) is 56.3 Å². The summed E-state index contributed by atoms with van der Waals surface area (Å²) >= 11 is 0. The second kappa shape index (κ2) is 5.62. The van der Waals surface area contributed by atoms with E-state index in [-0.39, 0.29) is 6.61 Å². The third-order valence-corrected chi connectivity index (χ3v) is 4.04. The fourth-order valence-corrected chi connectivity index (χ4v) is 2.95. The smallest absolute Gasteiger partial charge is 0.160 e. The zero-order valence-electron chi connectivity index (χ0n) is 13.4. The molecule has 0 aliphatic rings. The van der Waals surface area contributed by atoms with Crippen molar-refractivity contribution < 1.29 is 14.0 Å². The molecule has 0 fully saturated rings. The number of aliphatic hydroxyl groups is 1. The molecular weight excluding hydrogens is 304 g/mol. The molecule has 0 spiro atoms. The van der Waals surface area contributed by atoms with Crippen molar-refractivity contribution in [2.45, 2.75) is 20.5 Å². The van der Waals surface area contributed by atoms with Gasteiger partial charge in [0, 0.05) is 10.9 Å². The summed E-state index contributed by atoms with van der Waals surface area (Å²) in [5, 5.41) is 14.3. The Balaban J connectivity index is 2.04. The van der Waals surface area contributed by atoms with E-state index in [0.717, 1.165) is 39.4 Å². The van der Waals surface area contributed by atoms with Crippen LogP contribution in [0.5, 0.6) is 0 Å². The number of aryl methyl sites for hydroxylation is 2. The molecule has 0 saturated carbocycles. The van der Waals surface area contributed by atoms with Crippen molar-refractivity contribution >= 4 is 11.0 Å². The number of aliphatic hydroxyl groups excluding tert-OH is 1. The van der Waals surface area contributed by atoms with Crippen molar-refractivity contribution in [1.29, 1.82) is 0 Å². The second-order valence-corrected chi connectivity index (χ2v) is 5.71. The normalized spacial score (nSPS) is 11.3. The Kier molecular flexibility index (Phi) is 3.43. The molecule has 0 aliphatic carbocycles. The molecule has 3 heterocycles. The van der Waals surface area contributed by atoms with Crippen molar-refractivity contribution in [2.75, 3.05) is 0 Å². The Morgan fingerprint density at radius 2 is 1.88 bits per heavy atom. The quantitative estimate of drug-likeness (QED) is 0.610. The molecule has 5 nitrogen and oxygen atoms in total. The summed E-state index contributed by atoms with van der Waals surface area (Å²) in [7, 11) is 0. The molecule has 4 rings (SSSR count). The largest absolute Gasteiger partial charge is 0.456 e. The van der Waals surface area contributed by atoms with Gasteiger partial charge in [0.2, 0.25) is 0 Å². The van der Waals surface area contributed by atoms with Crippen LogP contribution in [0.25, 0.3) is 33.5 Å². The number of nitrogens with zero attached hydrogens (tertiary/aromatic N) is 2. The molecule has 1 aromatic carbocycles. The maximum absolute atomic E-state index is 9.40. The summed E-state index contributed by atoms with van der Waals surface area (Å²) in [6.07, 6.45) is 0. The first kappa shape index (κ1) is 14.7. The first-order valence-electron chi connectivity index (χ1n) is 7.70. The van der Waals surface area contributed by atoms with Crippen LogP contribution in [0.3, 0.4) is 0 Å². The zero-order valence-corrected chi connectivity index (χ0v) is 13.4. The minimum absolute atomic E-state index is 0.149. The van der Waals surface area contributed by atoms with E-state index in [1.165, 1.54) is 0 Å². The highest BCUT2D eigenvalue weighted by molar-refractivity contribution is 5.93. The molecule has 120 valence electrons. The van der Waals surface area contributed by atoms with Crippen LogP contribution in [0.4, 0.5) is 0 Å². The van der Waals surface area contributed by atoms with Crippen LogP contribution in [0.1, 0.15) is 17.2 Å². The predicted octanol–water partition coefficient (Wildman–Crippen LogP) is 4.26. The van der Waals surface area contributed by atoms with Crippen LogP contribution in [0, 0.1) is 13.8 Å². The van der Waals surface area contributed by atoms with Gasteiger partial charge in [-0.3, -0.25) is 0 Å². The Labute approximate surface area is 138 Å². The van der Waals surface area contributed by atoms with Gasteiger partial charge in [-0.2, -0.15) is 0 Å². The molecule has 3 aromatic heterocycles. The molecule has 1 N–H and O–H groups in total. The summed E-state index contributed by atoms with van der Waals surface area (Å²) in [6, 6.07) is 13.6. The van der Waals surface area contributed by atoms with Gasteiger partial charge in [-0.25, -0.2) is 4.98 Å². The van der Waals surface area contributed by atoms with Gasteiger partial charge in [0.25, 0.3) is 0 Å². The van der Waals surface area contributed by atoms with Crippen molar-refractivity contribution in [2.24, 2.45) is 0 Å². The van der Waals surface area contributed by atoms with E-state index >= 15 is 0 Å². The molecule has 0 saturated heterocycles. The van der Waals surface area contributed by atoms with E-state index in [1.54, 1.807) is 0 Å². The average Bonchev–Trinajstić information content (AvgIpc) is 3.17. The second-order valence-electron chi connectivity index (χ2n) is 5.71. The fraction of sp³-hybridized carbons (Fsp3) is 0.158. The van der Waals surface area contributed by atoms with Gasteiger partial charge in [-0.1, -0.05) is 35.5 Å². The van der Waals surface area contributed by atoms with Gasteiger partial charge in [0.15, 0.2) is 5.58 Å². The summed E-state index contributed by atoms with van der Waals surface area (Å²) in [4.78, 5) is 4.81. The highest BCUT2D eigenvalue weighted by atomic mass is 16.5. The van der Waals surface area contributed by atoms with Gasteiger partial charge in [-0.15, -0.1) is 0 Å². The molecular formula is C19H16N2O3. The molecule has 5 heteroatoms. The van der Waals surface area contributed by atoms with Crippen molar-refractivity contribution in [3.63, 3.8) is 0 Å². The summed E-state index contributed by atoms with van der Waals surface area (Å²) in [5.74, 6) is 1.24. The van der Waals surface area contributed by atoms with E-state index in [4.69, 9.17) is 13.9 Å². The lowest BCUT2D eigenvalue weighted by Gasteiger charge is -2.06. The lowest BCUT2D eigenvalue weighted by molar-refractivity contribution is 0.251. The fourth-order valence-electron chi connectivity index (χ4n) is 2.95. The van der Waals surface area contributed by atoms with E-state index in [0.29, 0.717) is 11.3 Å². The standard InChI is InChI=1S/C19H16N2O3/c1-11-17(12(2)24-21-11)16-9-14-8-15(10-22)23-19(14)18(20-16)13-6-4-3-5-7-13/h3-9,22H,10H2,1-2H3. The first-order valence-corrected chi connectivity index (χ1v) is 7.70. The predicted molar refractivity (Wildman–Crippen MR) is 90.3 cm³/mol. The van der Waals surface area contributed by atoms with Crippen LogP contribution in [0.15, 0.2) is 51.4 Å². The van der Waals surface area contributed by atoms with Crippen molar-refractivity contribution in [1.82, 2.24) is 10.1 Å². The number of hydrogen-bond donors (Lipinski definition) is 1. The van der Waals surface area contributed by atoms with Crippen LogP contribution < -0.4 is 0 Å². The molecule has 0 radical (unpaired) electrons. The zero-order chi connectivity index (χ0) is 16.7. The van der Waals surface area contributed by atoms with Gasteiger partial charge in [-0.05, 0) is 26.0 Å². The molecule has 0 aliphatic heterocycles. The number of furan rings is 1. The number of pyridine rings is 1. The third kappa shape index (κ3) is 2.30. The summed E-state index contributed by atoms with van der Waals surface area (Å²) < 4.78 is 11.1. The molecule has 0 amide bonds. The number of aromatic nitrogens is 2. The molecule has 24 heavy (non-hydrogen) atoms. The number of hydrogen-bond acceptors (Lipinski definition) is 5. The number of rotatable bonds is 3. The van der Waals surface area contributed by atoms with Crippen LogP contribution >= 0.6 is 0 Å². The maximum Gasteiger partial charge on any atom is 0.160 e. The van der Waals surface area contributed by atoms with Crippen LogP contribution in [-0.2, 0) is 6.61 Å². The summed E-state index contributed by atoms with van der Waals surface area (Å²) in [5.41, 5.74) is 4.83.